The van der Waals surface area contributed by atoms with Gasteiger partial charge in [-0.2, -0.15) is 0 Å². The Hall–Kier alpha value is -4.97. The minimum atomic E-state index is -1.40. The van der Waals surface area contributed by atoms with Crippen molar-refractivity contribution in [1.29, 1.82) is 0 Å². The van der Waals surface area contributed by atoms with E-state index in [4.69, 9.17) is 34.4 Å². The van der Waals surface area contributed by atoms with Crippen molar-refractivity contribution >= 4 is 53.2 Å². The molecule has 14 atom stereocenters. The molecule has 20 N–H and O–H groups in total. The molecule has 0 aliphatic rings. The van der Waals surface area contributed by atoms with Gasteiger partial charge < -0.3 is 76.9 Å². The first kappa shape index (κ1) is 60.0. The minimum absolute atomic E-state index is 0.172. The number of nitrogens with one attached hydrogen (secondary N) is 8. The summed E-state index contributed by atoms with van der Waals surface area (Å²) in [4.78, 5) is 120. The van der Waals surface area contributed by atoms with Crippen molar-refractivity contribution in [3.8, 4) is 0 Å². The summed E-state index contributed by atoms with van der Waals surface area (Å²) < 4.78 is 0. The lowest BCUT2D eigenvalue weighted by Gasteiger charge is -2.31. The highest BCUT2D eigenvalue weighted by Crippen LogP contribution is 2.13. The summed E-state index contributed by atoms with van der Waals surface area (Å²) in [5, 5.41) is 20.6. The topological polar surface area (TPSA) is 406 Å². The lowest BCUT2D eigenvalue weighted by Crippen LogP contribution is -2.64. The van der Waals surface area contributed by atoms with Crippen LogP contribution in [0.25, 0.3) is 0 Å². The Kier molecular flexibility index (Phi) is 28.0. The Morgan fingerprint density at radius 1 is 0.338 bits per heavy atom. The maximum atomic E-state index is 13.8. The van der Waals surface area contributed by atoms with E-state index in [0.29, 0.717) is 32.1 Å². The predicted octanol–water partition coefficient (Wildman–Crippen LogP) is -4.26. The second-order valence-electron chi connectivity index (χ2n) is 17.0. The molecule has 374 valence electrons. The highest BCUT2D eigenvalue weighted by atomic mass is 16.2. The van der Waals surface area contributed by atoms with Gasteiger partial charge in [0.15, 0.2) is 0 Å². The summed E-state index contributed by atoms with van der Waals surface area (Å²) >= 11 is 0. The van der Waals surface area contributed by atoms with E-state index < -0.39 is 138 Å². The molecule has 0 bridgehead atoms. The molecule has 0 unspecified atom stereocenters. The van der Waals surface area contributed by atoms with Crippen molar-refractivity contribution in [3.63, 3.8) is 0 Å². The number of primary amides is 1. The fourth-order valence-electron chi connectivity index (χ4n) is 6.34. The number of carbonyl (C=O) groups excluding carboxylic acids is 9. The Balaban J connectivity index is 6.17. The monoisotopic (exact) mass is 927 g/mol. The van der Waals surface area contributed by atoms with E-state index >= 15 is 0 Å². The predicted molar refractivity (Wildman–Crippen MR) is 246 cm³/mol. The SMILES string of the molecule is CC[C@H](C)[C@H](N)C(=O)N[C@@H](CN)C(=O)N[C@H](C(=O)N[C@@H](CN)C(=O)N[C@H](C(=O)N[C@@H](CN)C(=O)N[C@H](C(=O)N[C@@H](CN)C(=O)N[C@H](C(N)=O)[C@@H](C)CC)[C@@H](C)CC)[C@@H](C)CC)[C@@H](C)CC. The van der Waals surface area contributed by atoms with Crippen molar-refractivity contribution in [2.24, 2.45) is 64.0 Å². The molecule has 23 heteroatoms. The Bertz CT molecular complexity index is 1590. The molecule has 0 rings (SSSR count). The number of amides is 9. The van der Waals surface area contributed by atoms with Crippen molar-refractivity contribution < 1.29 is 43.2 Å². The molecular formula is C42H82N14O9. The standard InChI is InChI=1S/C42H82N14O9/c1-11-20(6)29(47)39(62)49-25(16-43)36(59)54-31(22(8)13-3)41(64)51-27(18-45)38(61)56-33(24(10)15-5)42(65)52-28(19-46)37(60)55-32(23(9)14-4)40(63)50-26(17-44)35(58)53-30(34(48)57)21(7)12-2/h20-33H,11-19,43-47H2,1-10H3,(H2,48,57)(H,49,62)(H,50,63)(H,51,64)(H,52,65)(H,53,58)(H,54,59)(H,55,60)(H,56,61)/t20-,21-,22-,23-,24-,25-,26-,27-,28-,29-,30-,31-,32-,33-/m0/s1. The quantitative estimate of drug-likeness (QED) is 0.0313. The van der Waals surface area contributed by atoms with E-state index in [9.17, 15) is 43.2 Å². The Morgan fingerprint density at radius 2 is 0.554 bits per heavy atom. The fraction of sp³-hybridized carbons (Fsp3) is 0.786. The van der Waals surface area contributed by atoms with E-state index in [-0.39, 0.29) is 24.9 Å². The maximum Gasteiger partial charge on any atom is 0.244 e. The number of hydrogen-bond acceptors (Lipinski definition) is 14. The molecule has 0 saturated carbocycles. The molecule has 0 radical (unpaired) electrons. The molecule has 65 heavy (non-hydrogen) atoms. The van der Waals surface area contributed by atoms with Gasteiger partial charge in [-0.3, -0.25) is 43.2 Å². The Morgan fingerprint density at radius 3 is 0.769 bits per heavy atom. The lowest BCUT2D eigenvalue weighted by molar-refractivity contribution is -0.137. The molecule has 0 heterocycles. The van der Waals surface area contributed by atoms with Gasteiger partial charge in [0.2, 0.25) is 53.2 Å². The summed E-state index contributed by atoms with van der Waals surface area (Å²) in [6.45, 7) is 16.1. The third kappa shape index (κ3) is 18.8. The van der Waals surface area contributed by atoms with Crippen molar-refractivity contribution in [2.45, 2.75) is 156 Å². The number of nitrogens with two attached hydrogens (primary N) is 6. The van der Waals surface area contributed by atoms with Crippen LogP contribution in [0.15, 0.2) is 0 Å². The van der Waals surface area contributed by atoms with Gasteiger partial charge in [-0.15, -0.1) is 0 Å². The van der Waals surface area contributed by atoms with Crippen LogP contribution < -0.4 is 76.9 Å². The van der Waals surface area contributed by atoms with Gasteiger partial charge >= 0.3 is 0 Å². The molecule has 9 amide bonds. The molecule has 23 nitrogen and oxygen atoms in total. The molecule has 0 aromatic rings. The van der Waals surface area contributed by atoms with E-state index in [1.54, 1.807) is 55.4 Å². The molecule has 0 aromatic heterocycles. The fourth-order valence-corrected chi connectivity index (χ4v) is 6.34. The van der Waals surface area contributed by atoms with Crippen LogP contribution in [0.2, 0.25) is 0 Å². The lowest BCUT2D eigenvalue weighted by atomic mass is 9.96. The highest BCUT2D eigenvalue weighted by Gasteiger charge is 2.37. The third-order valence-corrected chi connectivity index (χ3v) is 12.2. The average Bonchev–Trinajstić information content (AvgIpc) is 3.29. The third-order valence-electron chi connectivity index (χ3n) is 12.2. The zero-order valence-corrected chi connectivity index (χ0v) is 40.1. The average molecular weight is 927 g/mol. The molecule has 0 aromatic carbocycles. The number of rotatable bonds is 31. The smallest absolute Gasteiger partial charge is 0.244 e. The van der Waals surface area contributed by atoms with Crippen molar-refractivity contribution in [3.05, 3.63) is 0 Å². The van der Waals surface area contributed by atoms with E-state index in [1.165, 1.54) is 0 Å². The Labute approximate surface area is 384 Å². The van der Waals surface area contributed by atoms with Gasteiger partial charge in [-0.25, -0.2) is 0 Å². The number of hydrogen-bond donors (Lipinski definition) is 14. The van der Waals surface area contributed by atoms with Crippen molar-refractivity contribution in [1.82, 2.24) is 42.5 Å². The van der Waals surface area contributed by atoms with E-state index in [1.807, 2.05) is 13.8 Å². The summed E-state index contributed by atoms with van der Waals surface area (Å²) in [5.41, 5.74) is 35.1. The van der Waals surface area contributed by atoms with Crippen LogP contribution in [0.5, 0.6) is 0 Å². The largest absolute Gasteiger partial charge is 0.368 e. The molecular weight excluding hydrogens is 845 g/mol. The van der Waals surface area contributed by atoms with Crippen LogP contribution in [0.1, 0.15) is 101 Å². The summed E-state index contributed by atoms with van der Waals surface area (Å²) in [6.07, 6.45) is 2.36. The van der Waals surface area contributed by atoms with Crippen LogP contribution in [0.4, 0.5) is 0 Å². The maximum absolute atomic E-state index is 13.8. The number of carbonyl (C=O) groups is 9. The van der Waals surface area contributed by atoms with Gasteiger partial charge in [0.05, 0.1) is 6.04 Å². The van der Waals surface area contributed by atoms with Crippen LogP contribution in [-0.4, -0.2) is 134 Å². The normalized spacial score (nSPS) is 17.8. The molecule has 0 aliphatic heterocycles. The van der Waals surface area contributed by atoms with E-state index in [2.05, 4.69) is 42.5 Å². The van der Waals surface area contributed by atoms with Crippen LogP contribution in [0, 0.1) is 29.6 Å². The summed E-state index contributed by atoms with van der Waals surface area (Å²) in [5.74, 6) is -8.77. The molecule has 0 saturated heterocycles. The van der Waals surface area contributed by atoms with Gasteiger partial charge in [0.25, 0.3) is 0 Å². The highest BCUT2D eigenvalue weighted by molar-refractivity contribution is 5.98. The van der Waals surface area contributed by atoms with Crippen molar-refractivity contribution in [2.75, 3.05) is 26.2 Å². The zero-order chi connectivity index (χ0) is 50.3. The summed E-state index contributed by atoms with van der Waals surface area (Å²) in [7, 11) is 0. The first-order chi connectivity index (χ1) is 30.5. The molecule has 0 fully saturated rings. The van der Waals surface area contributed by atoms with Gasteiger partial charge in [-0.1, -0.05) is 101 Å². The second-order valence-corrected chi connectivity index (χ2v) is 17.0. The van der Waals surface area contributed by atoms with Gasteiger partial charge in [0.1, 0.15) is 48.3 Å². The van der Waals surface area contributed by atoms with Crippen LogP contribution in [0.3, 0.4) is 0 Å². The van der Waals surface area contributed by atoms with Crippen LogP contribution in [-0.2, 0) is 43.2 Å². The van der Waals surface area contributed by atoms with Gasteiger partial charge in [-0.05, 0) is 29.6 Å². The first-order valence-electron chi connectivity index (χ1n) is 22.8. The first-order valence-corrected chi connectivity index (χ1v) is 22.8. The minimum Gasteiger partial charge on any atom is -0.368 e. The van der Waals surface area contributed by atoms with Gasteiger partial charge in [0, 0.05) is 26.2 Å². The van der Waals surface area contributed by atoms with E-state index in [0.717, 1.165) is 0 Å². The zero-order valence-electron chi connectivity index (χ0n) is 40.1. The molecule has 0 spiro atoms. The molecule has 0 aliphatic carbocycles. The second kappa shape index (κ2) is 30.3. The van der Waals surface area contributed by atoms with Crippen LogP contribution >= 0.6 is 0 Å². The summed E-state index contributed by atoms with van der Waals surface area (Å²) in [6, 6.07) is -10.9.